The summed E-state index contributed by atoms with van der Waals surface area (Å²) in [7, 11) is 0. The van der Waals surface area contributed by atoms with Gasteiger partial charge in [-0.25, -0.2) is 0 Å². The first kappa shape index (κ1) is 15.4. The van der Waals surface area contributed by atoms with Gasteiger partial charge in [-0.2, -0.15) is 11.8 Å². The molecule has 0 spiro atoms. The number of benzene rings is 1. The lowest BCUT2D eigenvalue weighted by molar-refractivity contribution is 0.273. The smallest absolute Gasteiger partial charge is 0.119 e. The van der Waals surface area contributed by atoms with Crippen LogP contribution in [0.5, 0.6) is 5.75 Å². The van der Waals surface area contributed by atoms with Crippen molar-refractivity contribution in [3.05, 3.63) is 29.8 Å². The second-order valence-corrected chi connectivity index (χ2v) is 5.66. The van der Waals surface area contributed by atoms with Crippen LogP contribution in [-0.4, -0.2) is 31.2 Å². The highest BCUT2D eigenvalue weighted by Gasteiger charge is 2.01. The fourth-order valence-corrected chi connectivity index (χ4v) is 2.13. The molecule has 2 nitrogen and oxygen atoms in total. The molecule has 0 aromatic heterocycles. The molecule has 0 radical (unpaired) electrons. The largest absolute Gasteiger partial charge is 0.492 e. The van der Waals surface area contributed by atoms with Crippen LogP contribution in [-0.2, 0) is 0 Å². The van der Waals surface area contributed by atoms with E-state index in [2.05, 4.69) is 37.6 Å². The van der Waals surface area contributed by atoms with Gasteiger partial charge in [0.25, 0.3) is 0 Å². The number of rotatable bonds is 9. The van der Waals surface area contributed by atoms with Crippen molar-refractivity contribution >= 4 is 11.8 Å². The summed E-state index contributed by atoms with van der Waals surface area (Å²) in [4.78, 5) is 0. The predicted octanol–water partition coefficient (Wildman–Crippen LogP) is 3.50. The second-order valence-electron chi connectivity index (χ2n) is 4.68. The molecular weight excluding hydrogens is 242 g/mol. The normalized spacial score (nSPS) is 12.4. The predicted molar refractivity (Wildman–Crippen MR) is 81.8 cm³/mol. The van der Waals surface area contributed by atoms with E-state index < -0.39 is 0 Å². The Bertz CT molecular complexity index is 313. The van der Waals surface area contributed by atoms with E-state index in [1.807, 2.05) is 23.9 Å². The van der Waals surface area contributed by atoms with Crippen molar-refractivity contribution in [1.29, 1.82) is 0 Å². The van der Waals surface area contributed by atoms with Gasteiger partial charge in [-0.05, 0) is 57.4 Å². The van der Waals surface area contributed by atoms with Crippen molar-refractivity contribution in [2.75, 3.05) is 25.2 Å². The molecule has 0 saturated heterocycles. The molecule has 0 amide bonds. The maximum Gasteiger partial charge on any atom is 0.119 e. The Morgan fingerprint density at radius 2 is 1.94 bits per heavy atom. The van der Waals surface area contributed by atoms with E-state index in [1.54, 1.807) is 0 Å². The van der Waals surface area contributed by atoms with Gasteiger partial charge in [-0.3, -0.25) is 0 Å². The number of hydrogen-bond acceptors (Lipinski definition) is 3. The molecule has 0 aliphatic rings. The SMILES string of the molecule is CSCCCCNC(C)COc1ccc(C)cc1. The van der Waals surface area contributed by atoms with Crippen molar-refractivity contribution in [1.82, 2.24) is 5.32 Å². The van der Waals surface area contributed by atoms with E-state index in [0.29, 0.717) is 6.04 Å². The molecule has 0 saturated carbocycles. The third-order valence-corrected chi connectivity index (χ3v) is 3.49. The van der Waals surface area contributed by atoms with Gasteiger partial charge >= 0.3 is 0 Å². The Kier molecular flexibility index (Phi) is 7.94. The summed E-state index contributed by atoms with van der Waals surface area (Å²) in [5, 5.41) is 3.49. The summed E-state index contributed by atoms with van der Waals surface area (Å²) in [6.07, 6.45) is 4.70. The molecule has 1 atom stereocenters. The summed E-state index contributed by atoms with van der Waals surface area (Å²) in [5.41, 5.74) is 1.27. The Morgan fingerprint density at radius 3 is 2.61 bits per heavy atom. The molecule has 3 heteroatoms. The van der Waals surface area contributed by atoms with Gasteiger partial charge in [0.15, 0.2) is 0 Å². The van der Waals surface area contributed by atoms with Crippen molar-refractivity contribution in [2.24, 2.45) is 0 Å². The minimum absolute atomic E-state index is 0.403. The fraction of sp³-hybridized carbons (Fsp3) is 0.600. The molecule has 1 aromatic carbocycles. The molecular formula is C15H25NOS. The average Bonchev–Trinajstić information content (AvgIpc) is 2.38. The van der Waals surface area contributed by atoms with E-state index in [1.165, 1.54) is 24.2 Å². The Labute approximate surface area is 116 Å². The molecule has 18 heavy (non-hydrogen) atoms. The third-order valence-electron chi connectivity index (χ3n) is 2.79. The maximum atomic E-state index is 5.73. The zero-order chi connectivity index (χ0) is 13.2. The third kappa shape index (κ3) is 6.92. The Hall–Kier alpha value is -0.670. The maximum absolute atomic E-state index is 5.73. The molecule has 0 heterocycles. The summed E-state index contributed by atoms with van der Waals surface area (Å²) < 4.78 is 5.73. The highest BCUT2D eigenvalue weighted by molar-refractivity contribution is 7.98. The van der Waals surface area contributed by atoms with Gasteiger partial charge in [0, 0.05) is 6.04 Å². The van der Waals surface area contributed by atoms with E-state index in [-0.39, 0.29) is 0 Å². The van der Waals surface area contributed by atoms with Crippen molar-refractivity contribution < 1.29 is 4.74 Å². The summed E-state index contributed by atoms with van der Waals surface area (Å²) in [6, 6.07) is 8.62. The molecule has 0 aliphatic heterocycles. The quantitative estimate of drug-likeness (QED) is 0.692. The lowest BCUT2D eigenvalue weighted by Gasteiger charge is -2.15. The number of ether oxygens (including phenoxy) is 1. The first-order valence-corrected chi connectivity index (χ1v) is 8.03. The van der Waals surface area contributed by atoms with Crippen molar-refractivity contribution in [2.45, 2.75) is 32.7 Å². The molecule has 0 bridgehead atoms. The highest BCUT2D eigenvalue weighted by atomic mass is 32.2. The van der Waals surface area contributed by atoms with Gasteiger partial charge in [0.1, 0.15) is 12.4 Å². The van der Waals surface area contributed by atoms with Crippen LogP contribution in [0.25, 0.3) is 0 Å². The van der Waals surface area contributed by atoms with Crippen LogP contribution in [0.4, 0.5) is 0 Å². The molecule has 1 aromatic rings. The topological polar surface area (TPSA) is 21.3 Å². The fourth-order valence-electron chi connectivity index (χ4n) is 1.63. The van der Waals surface area contributed by atoms with Gasteiger partial charge < -0.3 is 10.1 Å². The minimum atomic E-state index is 0.403. The molecule has 1 N–H and O–H groups in total. The van der Waals surface area contributed by atoms with Crippen LogP contribution in [0.1, 0.15) is 25.3 Å². The number of thioether (sulfide) groups is 1. The van der Waals surface area contributed by atoms with Gasteiger partial charge in [0.2, 0.25) is 0 Å². The number of unbranched alkanes of at least 4 members (excludes halogenated alkanes) is 1. The monoisotopic (exact) mass is 267 g/mol. The van der Waals surface area contributed by atoms with Crippen molar-refractivity contribution in [3.63, 3.8) is 0 Å². The van der Waals surface area contributed by atoms with E-state index in [0.717, 1.165) is 18.9 Å². The van der Waals surface area contributed by atoms with Crippen LogP contribution in [0.15, 0.2) is 24.3 Å². The van der Waals surface area contributed by atoms with Gasteiger partial charge in [0.05, 0.1) is 0 Å². The summed E-state index contributed by atoms with van der Waals surface area (Å²) >= 11 is 1.92. The summed E-state index contributed by atoms with van der Waals surface area (Å²) in [6.45, 7) is 6.07. The number of hydrogen-bond donors (Lipinski definition) is 1. The first-order chi connectivity index (χ1) is 8.72. The van der Waals surface area contributed by atoms with Gasteiger partial charge in [-0.1, -0.05) is 17.7 Å². The second kappa shape index (κ2) is 9.29. The molecule has 1 unspecified atom stereocenters. The zero-order valence-electron chi connectivity index (χ0n) is 11.7. The lowest BCUT2D eigenvalue weighted by Crippen LogP contribution is -2.32. The van der Waals surface area contributed by atoms with E-state index in [4.69, 9.17) is 4.74 Å². The van der Waals surface area contributed by atoms with Crippen LogP contribution in [0, 0.1) is 6.92 Å². The minimum Gasteiger partial charge on any atom is -0.492 e. The van der Waals surface area contributed by atoms with Crippen molar-refractivity contribution in [3.8, 4) is 5.75 Å². The lowest BCUT2D eigenvalue weighted by atomic mass is 10.2. The number of nitrogens with one attached hydrogen (secondary N) is 1. The first-order valence-electron chi connectivity index (χ1n) is 6.64. The van der Waals surface area contributed by atoms with E-state index in [9.17, 15) is 0 Å². The molecule has 1 rings (SSSR count). The van der Waals surface area contributed by atoms with Crippen LogP contribution in [0.3, 0.4) is 0 Å². The Morgan fingerprint density at radius 1 is 1.22 bits per heavy atom. The summed E-state index contributed by atoms with van der Waals surface area (Å²) in [5.74, 6) is 2.22. The average molecular weight is 267 g/mol. The molecule has 0 fully saturated rings. The molecule has 0 aliphatic carbocycles. The zero-order valence-corrected chi connectivity index (χ0v) is 12.6. The van der Waals surface area contributed by atoms with Gasteiger partial charge in [-0.15, -0.1) is 0 Å². The number of aryl methyl sites for hydroxylation is 1. The van der Waals surface area contributed by atoms with E-state index >= 15 is 0 Å². The standard InChI is InChI=1S/C15H25NOS/c1-13-6-8-15(9-7-13)17-12-14(2)16-10-4-5-11-18-3/h6-9,14,16H,4-5,10-12H2,1-3H3. The van der Waals surface area contributed by atoms with Crippen LogP contribution in [0.2, 0.25) is 0 Å². The molecule has 102 valence electrons. The van der Waals surface area contributed by atoms with Crippen LogP contribution >= 0.6 is 11.8 Å². The highest BCUT2D eigenvalue weighted by Crippen LogP contribution is 2.11. The Balaban J connectivity index is 2.09. The van der Waals surface area contributed by atoms with Crippen LogP contribution < -0.4 is 10.1 Å².